The smallest absolute Gasteiger partial charge is 0.285 e. The van der Waals surface area contributed by atoms with Gasteiger partial charge in [-0.3, -0.25) is 0 Å². The Hall–Kier alpha value is -0.960. The molecule has 0 fully saturated rings. The molecule has 0 heterocycles. The number of benzene rings is 1. The average molecular weight is 185 g/mol. The van der Waals surface area contributed by atoms with Gasteiger partial charge in [0.15, 0.2) is 0 Å². The molecule has 0 aromatic heterocycles. The van der Waals surface area contributed by atoms with Crippen molar-refractivity contribution in [2.75, 3.05) is 13.6 Å². The lowest BCUT2D eigenvalue weighted by molar-refractivity contribution is -0.00125. The van der Waals surface area contributed by atoms with E-state index in [-0.39, 0.29) is 12.1 Å². The van der Waals surface area contributed by atoms with Crippen molar-refractivity contribution in [3.63, 3.8) is 0 Å². The summed E-state index contributed by atoms with van der Waals surface area (Å²) in [7, 11) is 1.52. The molecule has 13 heavy (non-hydrogen) atoms. The van der Waals surface area contributed by atoms with Gasteiger partial charge in [-0.05, 0) is 14.0 Å². The van der Waals surface area contributed by atoms with Crippen LogP contribution in [0.4, 0.5) is 8.78 Å². The summed E-state index contributed by atoms with van der Waals surface area (Å²) in [5.41, 5.74) is 1.05. The molecule has 0 aliphatic carbocycles. The fourth-order valence-electron chi connectivity index (χ4n) is 1.12. The normalized spacial score (nSPS) is 11.7. The van der Waals surface area contributed by atoms with Gasteiger partial charge in [-0.25, -0.2) is 0 Å². The molecule has 1 aromatic rings. The number of nitrogens with one attached hydrogen (secondary N) is 1. The molecule has 0 saturated heterocycles. The minimum absolute atomic E-state index is 0.0625. The van der Waals surface area contributed by atoms with Crippen LogP contribution in [-0.2, 0) is 5.92 Å². The van der Waals surface area contributed by atoms with E-state index in [9.17, 15) is 8.78 Å². The maximum atomic E-state index is 13.2. The Morgan fingerprint density at radius 3 is 2.23 bits per heavy atom. The molecule has 1 rings (SSSR count). The van der Waals surface area contributed by atoms with Crippen molar-refractivity contribution in [2.45, 2.75) is 12.8 Å². The van der Waals surface area contributed by atoms with E-state index in [1.807, 2.05) is 6.92 Å². The molecule has 0 amide bonds. The van der Waals surface area contributed by atoms with Crippen molar-refractivity contribution >= 4 is 0 Å². The molecule has 0 unspecified atom stereocenters. The highest BCUT2D eigenvalue weighted by atomic mass is 19.3. The molecule has 0 bridgehead atoms. The van der Waals surface area contributed by atoms with Gasteiger partial charge in [0.05, 0.1) is 6.54 Å². The first-order chi connectivity index (χ1) is 6.06. The highest BCUT2D eigenvalue weighted by molar-refractivity contribution is 5.25. The Kier molecular flexibility index (Phi) is 2.98. The lowest BCUT2D eigenvalue weighted by Gasteiger charge is -2.15. The fraction of sp³-hybridized carbons (Fsp3) is 0.400. The van der Waals surface area contributed by atoms with E-state index in [0.717, 1.165) is 5.56 Å². The summed E-state index contributed by atoms with van der Waals surface area (Å²) >= 11 is 0. The van der Waals surface area contributed by atoms with Gasteiger partial charge in [-0.2, -0.15) is 8.78 Å². The second kappa shape index (κ2) is 3.83. The van der Waals surface area contributed by atoms with Gasteiger partial charge in [0.1, 0.15) is 0 Å². The van der Waals surface area contributed by atoms with Crippen LogP contribution < -0.4 is 5.32 Å². The molecule has 0 saturated carbocycles. The maximum Gasteiger partial charge on any atom is 0.285 e. The number of alkyl halides is 2. The summed E-state index contributed by atoms with van der Waals surface area (Å²) in [5.74, 6) is -2.78. The van der Waals surface area contributed by atoms with Crippen LogP contribution >= 0.6 is 0 Å². The van der Waals surface area contributed by atoms with E-state index in [4.69, 9.17) is 0 Å². The first kappa shape index (κ1) is 10.1. The van der Waals surface area contributed by atoms with Gasteiger partial charge in [0.25, 0.3) is 5.92 Å². The highest BCUT2D eigenvalue weighted by Crippen LogP contribution is 2.26. The molecule has 72 valence electrons. The third-order valence-electron chi connectivity index (χ3n) is 1.87. The summed E-state index contributed by atoms with van der Waals surface area (Å²) in [4.78, 5) is 0. The second-order valence-corrected chi connectivity index (χ2v) is 3.10. The third kappa shape index (κ3) is 2.49. The minimum atomic E-state index is -2.78. The van der Waals surface area contributed by atoms with Crippen molar-refractivity contribution in [3.8, 4) is 0 Å². The molecule has 0 aliphatic heterocycles. The Labute approximate surface area is 76.8 Å². The Morgan fingerprint density at radius 1 is 1.23 bits per heavy atom. The fourth-order valence-corrected chi connectivity index (χ4v) is 1.12. The quantitative estimate of drug-likeness (QED) is 0.762. The Balaban J connectivity index is 2.87. The molecule has 0 atom stereocenters. The van der Waals surface area contributed by atoms with E-state index in [1.54, 1.807) is 12.1 Å². The van der Waals surface area contributed by atoms with Gasteiger partial charge >= 0.3 is 0 Å². The largest absolute Gasteiger partial charge is 0.314 e. The van der Waals surface area contributed by atoms with Crippen molar-refractivity contribution < 1.29 is 8.78 Å². The zero-order valence-electron chi connectivity index (χ0n) is 7.77. The molecule has 1 nitrogen and oxygen atoms in total. The first-order valence-corrected chi connectivity index (χ1v) is 4.16. The van der Waals surface area contributed by atoms with Crippen molar-refractivity contribution in [3.05, 3.63) is 35.4 Å². The molecule has 0 radical (unpaired) electrons. The number of likely N-dealkylation sites (N-methyl/N-ethyl adjacent to an activating group) is 1. The Bertz CT molecular complexity index is 267. The SMILES string of the molecule is CNCC(F)(F)c1ccc(C)cc1. The summed E-state index contributed by atoms with van der Waals surface area (Å²) in [5, 5.41) is 2.47. The number of hydrogen-bond donors (Lipinski definition) is 1. The minimum Gasteiger partial charge on any atom is -0.314 e. The Morgan fingerprint density at radius 2 is 1.77 bits per heavy atom. The average Bonchev–Trinajstić information content (AvgIpc) is 2.05. The van der Waals surface area contributed by atoms with E-state index < -0.39 is 5.92 Å². The third-order valence-corrected chi connectivity index (χ3v) is 1.87. The molecular formula is C10H13F2N. The van der Waals surface area contributed by atoms with Gasteiger partial charge in [0, 0.05) is 5.56 Å². The summed E-state index contributed by atoms with van der Waals surface area (Å²) < 4.78 is 26.5. The zero-order valence-corrected chi connectivity index (χ0v) is 7.77. The van der Waals surface area contributed by atoms with E-state index >= 15 is 0 Å². The number of aryl methyl sites for hydroxylation is 1. The maximum absolute atomic E-state index is 13.2. The number of rotatable bonds is 3. The lowest BCUT2D eigenvalue weighted by Crippen LogP contribution is -2.27. The van der Waals surface area contributed by atoms with Crippen LogP contribution in [-0.4, -0.2) is 13.6 Å². The van der Waals surface area contributed by atoms with Gasteiger partial charge in [-0.15, -0.1) is 0 Å². The van der Waals surface area contributed by atoms with Gasteiger partial charge in [0.2, 0.25) is 0 Å². The van der Waals surface area contributed by atoms with Crippen molar-refractivity contribution in [2.24, 2.45) is 0 Å². The highest BCUT2D eigenvalue weighted by Gasteiger charge is 2.29. The van der Waals surface area contributed by atoms with Gasteiger partial charge < -0.3 is 5.32 Å². The van der Waals surface area contributed by atoms with Crippen LogP contribution in [0.15, 0.2) is 24.3 Å². The first-order valence-electron chi connectivity index (χ1n) is 4.16. The van der Waals surface area contributed by atoms with Crippen molar-refractivity contribution in [1.29, 1.82) is 0 Å². The molecule has 3 heteroatoms. The van der Waals surface area contributed by atoms with Crippen LogP contribution in [0.2, 0.25) is 0 Å². The molecule has 0 aliphatic rings. The van der Waals surface area contributed by atoms with Crippen LogP contribution in [0.1, 0.15) is 11.1 Å². The monoisotopic (exact) mass is 185 g/mol. The summed E-state index contributed by atoms with van der Waals surface area (Å²) in [6.07, 6.45) is 0. The molecule has 1 N–H and O–H groups in total. The topological polar surface area (TPSA) is 12.0 Å². The summed E-state index contributed by atoms with van der Waals surface area (Å²) in [6.45, 7) is 1.55. The van der Waals surface area contributed by atoms with Crippen molar-refractivity contribution in [1.82, 2.24) is 5.32 Å². The van der Waals surface area contributed by atoms with Gasteiger partial charge in [-0.1, -0.05) is 29.8 Å². The molecular weight excluding hydrogens is 172 g/mol. The number of hydrogen-bond acceptors (Lipinski definition) is 1. The molecule has 1 aromatic carbocycles. The van der Waals surface area contributed by atoms with E-state index in [1.165, 1.54) is 19.2 Å². The van der Waals surface area contributed by atoms with E-state index in [2.05, 4.69) is 5.32 Å². The van der Waals surface area contributed by atoms with Crippen LogP contribution in [0.5, 0.6) is 0 Å². The zero-order chi connectivity index (χ0) is 9.90. The van der Waals surface area contributed by atoms with E-state index in [0.29, 0.717) is 0 Å². The van der Waals surface area contributed by atoms with Crippen LogP contribution in [0, 0.1) is 6.92 Å². The molecule has 0 spiro atoms. The standard InChI is InChI=1S/C10H13F2N/c1-8-3-5-9(6-4-8)10(11,12)7-13-2/h3-6,13H,7H2,1-2H3. The predicted octanol–water partition coefficient (Wildman–Crippen LogP) is 2.31. The predicted molar refractivity (Wildman–Crippen MR) is 49.0 cm³/mol. The summed E-state index contributed by atoms with van der Waals surface area (Å²) in [6, 6.07) is 6.32. The lowest BCUT2D eigenvalue weighted by atomic mass is 10.1. The van der Waals surface area contributed by atoms with Crippen LogP contribution in [0.25, 0.3) is 0 Å². The number of halogens is 2. The second-order valence-electron chi connectivity index (χ2n) is 3.10. The van der Waals surface area contributed by atoms with Crippen LogP contribution in [0.3, 0.4) is 0 Å².